The Bertz CT molecular complexity index is 598. The summed E-state index contributed by atoms with van der Waals surface area (Å²) in [6, 6.07) is 1.42. The van der Waals surface area contributed by atoms with Crippen LogP contribution in [0.25, 0.3) is 0 Å². The van der Waals surface area contributed by atoms with Crippen LogP contribution in [0.15, 0.2) is 32.7 Å². The van der Waals surface area contributed by atoms with Gasteiger partial charge in [-0.3, -0.25) is 9.36 Å². The van der Waals surface area contributed by atoms with E-state index in [1.165, 1.54) is 22.0 Å². The van der Waals surface area contributed by atoms with Gasteiger partial charge in [-0.25, -0.2) is 9.78 Å². The lowest BCUT2D eigenvalue weighted by molar-refractivity contribution is 0.568. The lowest BCUT2D eigenvalue weighted by Gasteiger charge is -2.07. The van der Waals surface area contributed by atoms with Gasteiger partial charge in [-0.1, -0.05) is 6.92 Å². The van der Waals surface area contributed by atoms with Crippen molar-refractivity contribution in [1.29, 1.82) is 0 Å². The van der Waals surface area contributed by atoms with E-state index >= 15 is 0 Å². The van der Waals surface area contributed by atoms with Gasteiger partial charge in [-0.2, -0.15) is 0 Å². The van der Waals surface area contributed by atoms with Crippen LogP contribution in [0.5, 0.6) is 0 Å². The van der Waals surface area contributed by atoms with E-state index in [9.17, 15) is 9.59 Å². The van der Waals surface area contributed by atoms with E-state index in [0.717, 1.165) is 12.1 Å². The highest BCUT2D eigenvalue weighted by atomic mass is 32.1. The topological polar surface area (TPSA) is 56.9 Å². The van der Waals surface area contributed by atoms with E-state index in [2.05, 4.69) is 4.98 Å². The molecule has 0 aliphatic rings. The van der Waals surface area contributed by atoms with Crippen LogP contribution in [0, 0.1) is 0 Å². The summed E-state index contributed by atoms with van der Waals surface area (Å²) < 4.78 is 2.76. The van der Waals surface area contributed by atoms with Gasteiger partial charge in [0.25, 0.3) is 5.56 Å². The van der Waals surface area contributed by atoms with Gasteiger partial charge in [0.05, 0.1) is 17.7 Å². The number of hydrogen-bond acceptors (Lipinski definition) is 4. The fourth-order valence-corrected chi connectivity index (χ4v) is 2.14. The second-order valence-electron chi connectivity index (χ2n) is 3.70. The maximum atomic E-state index is 12.0. The van der Waals surface area contributed by atoms with Crippen molar-refractivity contribution >= 4 is 11.3 Å². The van der Waals surface area contributed by atoms with Crippen molar-refractivity contribution in [2.75, 3.05) is 0 Å². The van der Waals surface area contributed by atoms with Gasteiger partial charge in [0.15, 0.2) is 0 Å². The van der Waals surface area contributed by atoms with Gasteiger partial charge in [0, 0.05) is 24.2 Å². The molecule has 0 spiro atoms. The zero-order valence-corrected chi connectivity index (χ0v) is 10.3. The zero-order valence-electron chi connectivity index (χ0n) is 9.50. The molecule has 0 amide bonds. The van der Waals surface area contributed by atoms with Crippen LogP contribution in [0.4, 0.5) is 0 Å². The predicted molar refractivity (Wildman–Crippen MR) is 66.5 cm³/mol. The molecule has 0 aliphatic carbocycles. The van der Waals surface area contributed by atoms with Gasteiger partial charge in [0.1, 0.15) is 0 Å². The quantitative estimate of drug-likeness (QED) is 0.812. The Morgan fingerprint density at radius 1 is 1.41 bits per heavy atom. The second kappa shape index (κ2) is 5.09. The highest BCUT2D eigenvalue weighted by Gasteiger charge is 2.06. The molecule has 0 aliphatic heterocycles. The Hall–Kier alpha value is -1.69. The average Bonchev–Trinajstić information content (AvgIpc) is 2.81. The third-order valence-electron chi connectivity index (χ3n) is 2.41. The van der Waals surface area contributed by atoms with Crippen LogP contribution >= 0.6 is 11.3 Å². The smallest absolute Gasteiger partial charge is 0.300 e. The minimum absolute atomic E-state index is 0.242. The van der Waals surface area contributed by atoms with E-state index in [-0.39, 0.29) is 17.8 Å². The molecule has 2 rings (SSSR count). The predicted octanol–water partition coefficient (Wildman–Crippen LogP) is 0.925. The minimum Gasteiger partial charge on any atom is -0.300 e. The summed E-state index contributed by atoms with van der Waals surface area (Å²) in [6.45, 7) is 2.85. The summed E-state index contributed by atoms with van der Waals surface area (Å²) in [7, 11) is 0. The first kappa shape index (κ1) is 11.8. The molecule has 0 bridgehead atoms. The molecule has 0 saturated carbocycles. The molecule has 6 heteroatoms. The lowest BCUT2D eigenvalue weighted by atomic mass is 10.4. The SMILES string of the molecule is CCCn1ccc(=O)n(Cc2cscn2)c1=O. The molecule has 0 unspecified atom stereocenters. The number of rotatable bonds is 4. The van der Waals surface area contributed by atoms with Gasteiger partial charge < -0.3 is 4.57 Å². The largest absolute Gasteiger partial charge is 0.331 e. The summed E-state index contributed by atoms with van der Waals surface area (Å²) in [5.74, 6) is 0. The Labute approximate surface area is 102 Å². The van der Waals surface area contributed by atoms with Crippen LogP contribution < -0.4 is 11.2 Å². The molecule has 0 saturated heterocycles. The number of aromatic nitrogens is 3. The van der Waals surface area contributed by atoms with Gasteiger partial charge in [-0.15, -0.1) is 11.3 Å². The van der Waals surface area contributed by atoms with Gasteiger partial charge in [-0.05, 0) is 6.42 Å². The van der Waals surface area contributed by atoms with E-state index in [1.54, 1.807) is 16.3 Å². The maximum absolute atomic E-state index is 12.0. The van der Waals surface area contributed by atoms with Gasteiger partial charge >= 0.3 is 5.69 Å². The Morgan fingerprint density at radius 3 is 2.88 bits per heavy atom. The summed E-state index contributed by atoms with van der Waals surface area (Å²) in [4.78, 5) is 27.7. The van der Waals surface area contributed by atoms with Crippen molar-refractivity contribution in [3.8, 4) is 0 Å². The average molecular weight is 251 g/mol. The summed E-state index contributed by atoms with van der Waals surface area (Å²) in [5, 5.41) is 1.84. The van der Waals surface area contributed by atoms with Crippen LogP contribution in [0.1, 0.15) is 19.0 Å². The number of aryl methyl sites for hydroxylation is 1. The van der Waals surface area contributed by atoms with Crippen molar-refractivity contribution in [3.63, 3.8) is 0 Å². The Kier molecular flexibility index (Phi) is 3.53. The third-order valence-corrected chi connectivity index (χ3v) is 3.04. The standard InChI is InChI=1S/C11H13N3O2S/c1-2-4-13-5-3-10(15)14(11(13)16)6-9-7-17-8-12-9/h3,5,7-8H,2,4,6H2,1H3. The van der Waals surface area contributed by atoms with Crippen LogP contribution in [-0.4, -0.2) is 14.1 Å². The van der Waals surface area contributed by atoms with E-state index in [0.29, 0.717) is 6.54 Å². The van der Waals surface area contributed by atoms with E-state index < -0.39 is 0 Å². The van der Waals surface area contributed by atoms with Crippen LogP contribution in [0.2, 0.25) is 0 Å². The second-order valence-corrected chi connectivity index (χ2v) is 4.41. The normalized spacial score (nSPS) is 10.6. The molecule has 5 nitrogen and oxygen atoms in total. The fraction of sp³-hybridized carbons (Fsp3) is 0.364. The first-order chi connectivity index (χ1) is 8.22. The van der Waals surface area contributed by atoms with Crippen molar-refractivity contribution < 1.29 is 0 Å². The molecule has 0 fully saturated rings. The molecule has 2 aromatic heterocycles. The van der Waals surface area contributed by atoms with Crippen molar-refractivity contribution in [2.45, 2.75) is 26.4 Å². The first-order valence-corrected chi connectivity index (χ1v) is 6.34. The number of hydrogen-bond donors (Lipinski definition) is 0. The zero-order chi connectivity index (χ0) is 12.3. The summed E-state index contributed by atoms with van der Waals surface area (Å²) in [6.07, 6.45) is 2.40. The van der Waals surface area contributed by atoms with Crippen LogP contribution in [0.3, 0.4) is 0 Å². The molecule has 0 radical (unpaired) electrons. The highest BCUT2D eigenvalue weighted by molar-refractivity contribution is 7.07. The van der Waals surface area contributed by atoms with Crippen molar-refractivity contribution in [2.24, 2.45) is 0 Å². The van der Waals surface area contributed by atoms with Gasteiger partial charge in [0.2, 0.25) is 0 Å². The molecular weight excluding hydrogens is 238 g/mol. The van der Waals surface area contributed by atoms with Crippen molar-refractivity contribution in [3.05, 3.63) is 49.7 Å². The van der Waals surface area contributed by atoms with Crippen LogP contribution in [-0.2, 0) is 13.1 Å². The molecular formula is C11H13N3O2S. The molecule has 90 valence electrons. The third kappa shape index (κ3) is 2.52. The van der Waals surface area contributed by atoms with E-state index in [1.807, 2.05) is 12.3 Å². The Balaban J connectivity index is 2.42. The summed E-state index contributed by atoms with van der Waals surface area (Å²) in [5.41, 5.74) is 1.87. The lowest BCUT2D eigenvalue weighted by Crippen LogP contribution is -2.39. The first-order valence-electron chi connectivity index (χ1n) is 5.39. The molecule has 0 N–H and O–H groups in total. The number of thiazole rings is 1. The molecule has 2 aromatic rings. The molecule has 0 aromatic carbocycles. The van der Waals surface area contributed by atoms with E-state index in [4.69, 9.17) is 0 Å². The fourth-order valence-electron chi connectivity index (χ4n) is 1.59. The monoisotopic (exact) mass is 251 g/mol. The number of nitrogens with zero attached hydrogens (tertiary/aromatic N) is 3. The molecule has 0 atom stereocenters. The maximum Gasteiger partial charge on any atom is 0.331 e. The molecule has 17 heavy (non-hydrogen) atoms. The minimum atomic E-state index is -0.282. The summed E-state index contributed by atoms with van der Waals surface area (Å²) >= 11 is 1.45. The Morgan fingerprint density at radius 2 is 2.24 bits per heavy atom. The highest BCUT2D eigenvalue weighted by Crippen LogP contribution is 2.00. The molecule has 2 heterocycles. The van der Waals surface area contributed by atoms with Crippen molar-refractivity contribution in [1.82, 2.24) is 14.1 Å².